The molecule has 5 heteroatoms. The Balaban J connectivity index is 2.28. The molecule has 1 amide bonds. The Kier molecular flexibility index (Phi) is 4.20. The molecular formula is C15H12BrNO3. The standard InChI is InChI=1S/C15H12BrNO3/c1-9-8-10(6-7-12(9)16)14(18)17-13-5-3-2-4-11(13)15(19)20/h2-8H,1H3,(H,17,18)(H,19,20). The Labute approximate surface area is 124 Å². The first kappa shape index (κ1) is 14.3. The first-order valence-corrected chi connectivity index (χ1v) is 6.68. The van der Waals surface area contributed by atoms with E-state index in [1.807, 2.05) is 6.92 Å². The summed E-state index contributed by atoms with van der Waals surface area (Å²) in [4.78, 5) is 23.2. The Hall–Kier alpha value is -2.14. The van der Waals surface area contributed by atoms with E-state index in [1.165, 1.54) is 6.07 Å². The van der Waals surface area contributed by atoms with E-state index in [0.717, 1.165) is 10.0 Å². The van der Waals surface area contributed by atoms with Crippen LogP contribution >= 0.6 is 15.9 Å². The van der Waals surface area contributed by atoms with Gasteiger partial charge in [-0.1, -0.05) is 28.1 Å². The summed E-state index contributed by atoms with van der Waals surface area (Å²) in [7, 11) is 0. The van der Waals surface area contributed by atoms with E-state index in [1.54, 1.807) is 36.4 Å². The van der Waals surface area contributed by atoms with Crippen molar-refractivity contribution in [2.24, 2.45) is 0 Å². The number of rotatable bonds is 3. The number of nitrogens with one attached hydrogen (secondary N) is 1. The molecule has 4 nitrogen and oxygen atoms in total. The first-order chi connectivity index (χ1) is 9.49. The van der Waals surface area contributed by atoms with Gasteiger partial charge in [-0.2, -0.15) is 0 Å². The Morgan fingerprint density at radius 3 is 2.50 bits per heavy atom. The number of amides is 1. The molecule has 0 unspecified atom stereocenters. The number of carboxylic acids is 1. The van der Waals surface area contributed by atoms with Crippen molar-refractivity contribution in [2.75, 3.05) is 5.32 Å². The van der Waals surface area contributed by atoms with Gasteiger partial charge in [-0.3, -0.25) is 4.79 Å². The second-order valence-corrected chi connectivity index (χ2v) is 5.12. The SMILES string of the molecule is Cc1cc(C(=O)Nc2ccccc2C(=O)O)ccc1Br. The van der Waals surface area contributed by atoms with Gasteiger partial charge in [-0.05, 0) is 42.8 Å². The third-order valence-corrected chi connectivity index (χ3v) is 3.72. The fourth-order valence-corrected chi connectivity index (χ4v) is 2.01. The minimum absolute atomic E-state index is 0.0645. The third kappa shape index (κ3) is 3.05. The Morgan fingerprint density at radius 2 is 1.85 bits per heavy atom. The summed E-state index contributed by atoms with van der Waals surface area (Å²) in [5.41, 5.74) is 1.76. The number of hydrogen-bond acceptors (Lipinski definition) is 2. The van der Waals surface area contributed by atoms with E-state index >= 15 is 0 Å². The highest BCUT2D eigenvalue weighted by Gasteiger charge is 2.13. The molecule has 0 aromatic heterocycles. The highest BCUT2D eigenvalue weighted by Crippen LogP contribution is 2.19. The van der Waals surface area contributed by atoms with Crippen LogP contribution in [0.2, 0.25) is 0 Å². The van der Waals surface area contributed by atoms with Crippen molar-refractivity contribution in [3.8, 4) is 0 Å². The smallest absolute Gasteiger partial charge is 0.337 e. The van der Waals surface area contributed by atoms with Crippen molar-refractivity contribution in [3.63, 3.8) is 0 Å². The molecule has 0 saturated carbocycles. The molecule has 0 atom stereocenters. The highest BCUT2D eigenvalue weighted by molar-refractivity contribution is 9.10. The number of aromatic carboxylic acids is 1. The van der Waals surface area contributed by atoms with Crippen LogP contribution in [0.15, 0.2) is 46.9 Å². The molecule has 0 aliphatic rings. The molecular weight excluding hydrogens is 322 g/mol. The third-order valence-electron chi connectivity index (χ3n) is 2.83. The van der Waals surface area contributed by atoms with Crippen LogP contribution < -0.4 is 5.32 Å². The van der Waals surface area contributed by atoms with Gasteiger partial charge >= 0.3 is 5.97 Å². The highest BCUT2D eigenvalue weighted by atomic mass is 79.9. The monoisotopic (exact) mass is 333 g/mol. The number of anilines is 1. The van der Waals surface area contributed by atoms with Gasteiger partial charge in [-0.25, -0.2) is 4.79 Å². The van der Waals surface area contributed by atoms with Crippen LogP contribution in [0, 0.1) is 6.92 Å². The quantitative estimate of drug-likeness (QED) is 0.899. The van der Waals surface area contributed by atoms with Crippen LogP contribution in [-0.4, -0.2) is 17.0 Å². The van der Waals surface area contributed by atoms with Crippen molar-refractivity contribution in [1.82, 2.24) is 0 Å². The lowest BCUT2D eigenvalue weighted by molar-refractivity contribution is 0.0698. The van der Waals surface area contributed by atoms with Gasteiger partial charge in [-0.15, -0.1) is 0 Å². The molecule has 2 aromatic rings. The van der Waals surface area contributed by atoms with Gasteiger partial charge in [0, 0.05) is 10.0 Å². The maximum absolute atomic E-state index is 12.1. The number of benzene rings is 2. The minimum Gasteiger partial charge on any atom is -0.478 e. The number of para-hydroxylation sites is 1. The summed E-state index contributed by atoms with van der Waals surface area (Å²) in [6.45, 7) is 1.88. The van der Waals surface area contributed by atoms with Crippen molar-refractivity contribution >= 4 is 33.5 Å². The van der Waals surface area contributed by atoms with Crippen molar-refractivity contribution in [3.05, 3.63) is 63.6 Å². The molecule has 0 saturated heterocycles. The number of halogens is 1. The normalized spacial score (nSPS) is 10.1. The molecule has 2 rings (SSSR count). The molecule has 102 valence electrons. The van der Waals surface area contributed by atoms with Gasteiger partial charge in [0.05, 0.1) is 11.3 Å². The molecule has 0 bridgehead atoms. The van der Waals surface area contributed by atoms with E-state index < -0.39 is 5.97 Å². The van der Waals surface area contributed by atoms with E-state index in [2.05, 4.69) is 21.2 Å². The summed E-state index contributed by atoms with van der Waals surface area (Å²) < 4.78 is 0.917. The topological polar surface area (TPSA) is 66.4 Å². The zero-order chi connectivity index (χ0) is 14.7. The lowest BCUT2D eigenvalue weighted by Gasteiger charge is -2.09. The van der Waals surface area contributed by atoms with Crippen LogP contribution in [0.5, 0.6) is 0 Å². The zero-order valence-electron chi connectivity index (χ0n) is 10.7. The summed E-state index contributed by atoms with van der Waals surface area (Å²) >= 11 is 3.37. The largest absolute Gasteiger partial charge is 0.478 e. The number of carbonyl (C=O) groups is 2. The minimum atomic E-state index is -1.08. The van der Waals surface area contributed by atoms with Crippen LogP contribution in [0.1, 0.15) is 26.3 Å². The predicted octanol–water partition coefficient (Wildman–Crippen LogP) is 3.71. The van der Waals surface area contributed by atoms with Gasteiger partial charge in [0.1, 0.15) is 0 Å². The molecule has 2 N–H and O–H groups in total. The van der Waals surface area contributed by atoms with Crippen LogP contribution in [0.3, 0.4) is 0 Å². The molecule has 0 heterocycles. The maximum atomic E-state index is 12.1. The second-order valence-electron chi connectivity index (χ2n) is 4.27. The molecule has 20 heavy (non-hydrogen) atoms. The average Bonchev–Trinajstić information content (AvgIpc) is 2.42. The Morgan fingerprint density at radius 1 is 1.15 bits per heavy atom. The van der Waals surface area contributed by atoms with Gasteiger partial charge in [0.25, 0.3) is 5.91 Å². The molecule has 0 aliphatic heterocycles. The molecule has 2 aromatic carbocycles. The van der Waals surface area contributed by atoms with Crippen LogP contribution in [0.25, 0.3) is 0 Å². The summed E-state index contributed by atoms with van der Waals surface area (Å²) in [5.74, 6) is -1.41. The van der Waals surface area contributed by atoms with Crippen molar-refractivity contribution in [1.29, 1.82) is 0 Å². The maximum Gasteiger partial charge on any atom is 0.337 e. The van der Waals surface area contributed by atoms with Gasteiger partial charge in [0.2, 0.25) is 0 Å². The van der Waals surface area contributed by atoms with E-state index in [9.17, 15) is 9.59 Å². The average molecular weight is 334 g/mol. The second kappa shape index (κ2) is 5.88. The number of hydrogen-bond donors (Lipinski definition) is 2. The molecule has 0 spiro atoms. The van der Waals surface area contributed by atoms with E-state index in [4.69, 9.17) is 5.11 Å². The lowest BCUT2D eigenvalue weighted by atomic mass is 10.1. The Bertz CT molecular complexity index is 683. The summed E-state index contributed by atoms with van der Waals surface area (Å²) in [5, 5.41) is 11.7. The molecule has 0 radical (unpaired) electrons. The molecule has 0 fully saturated rings. The zero-order valence-corrected chi connectivity index (χ0v) is 12.3. The van der Waals surface area contributed by atoms with Gasteiger partial charge in [0.15, 0.2) is 0 Å². The fourth-order valence-electron chi connectivity index (χ4n) is 1.76. The van der Waals surface area contributed by atoms with Crippen molar-refractivity contribution < 1.29 is 14.7 Å². The van der Waals surface area contributed by atoms with Crippen LogP contribution in [0.4, 0.5) is 5.69 Å². The lowest BCUT2D eigenvalue weighted by Crippen LogP contribution is -2.14. The number of carbonyl (C=O) groups excluding carboxylic acids is 1. The summed E-state index contributed by atoms with van der Waals surface area (Å²) in [6.07, 6.45) is 0. The summed E-state index contributed by atoms with van der Waals surface area (Å²) in [6, 6.07) is 11.5. The number of aryl methyl sites for hydroxylation is 1. The van der Waals surface area contributed by atoms with Crippen LogP contribution in [-0.2, 0) is 0 Å². The predicted molar refractivity (Wildman–Crippen MR) is 80.2 cm³/mol. The molecule has 0 aliphatic carbocycles. The van der Waals surface area contributed by atoms with Gasteiger partial charge < -0.3 is 10.4 Å². The van der Waals surface area contributed by atoms with E-state index in [-0.39, 0.29) is 17.2 Å². The van der Waals surface area contributed by atoms with E-state index in [0.29, 0.717) is 5.56 Å². The number of carboxylic acid groups (broad SMARTS) is 1. The first-order valence-electron chi connectivity index (χ1n) is 5.89. The fraction of sp³-hybridized carbons (Fsp3) is 0.0667. The van der Waals surface area contributed by atoms with Crippen molar-refractivity contribution in [2.45, 2.75) is 6.92 Å².